The van der Waals surface area contributed by atoms with Crippen LogP contribution >= 0.6 is 11.6 Å². The molecule has 2 aliphatic rings. The number of sulfonamides is 1. The van der Waals surface area contributed by atoms with Crippen molar-refractivity contribution >= 4 is 33.2 Å². The number of carbonyl (C=O) groups excluding carboxylic acids is 1. The van der Waals surface area contributed by atoms with Crippen molar-refractivity contribution in [2.75, 3.05) is 26.3 Å². The van der Waals surface area contributed by atoms with Gasteiger partial charge in [-0.2, -0.15) is 9.41 Å². The van der Waals surface area contributed by atoms with E-state index in [4.69, 9.17) is 16.3 Å². The largest absolute Gasteiger partial charge is 0.507 e. The predicted molar refractivity (Wildman–Crippen MR) is 116 cm³/mol. The van der Waals surface area contributed by atoms with E-state index in [9.17, 15) is 18.3 Å². The topological polar surface area (TPSA) is 108 Å². The normalized spacial score (nSPS) is 20.6. The van der Waals surface area contributed by atoms with E-state index in [0.29, 0.717) is 35.9 Å². The molecule has 1 amide bonds. The Kier molecular flexibility index (Phi) is 6.02. The first-order valence-corrected chi connectivity index (χ1v) is 11.7. The van der Waals surface area contributed by atoms with Crippen LogP contribution in [0, 0.1) is 0 Å². The molecule has 1 aliphatic carbocycles. The Hall–Kier alpha value is -2.46. The number of phenols is 1. The summed E-state index contributed by atoms with van der Waals surface area (Å²) in [6.07, 6.45) is 0.512. The van der Waals surface area contributed by atoms with Crippen LogP contribution in [0.2, 0.25) is 5.02 Å². The standard InChI is InChI=1S/C21H22ClN3O5S/c1-13-11-17(20-18(26)6-5-16(22)19(13)20)23-24-21(27)14-3-2-4-15(12-14)31(28,29)25-7-9-30-10-8-25/h2-6,12-13,26H,7-11H2,1H3,(H,24,27)/b23-17-. The number of hydrazone groups is 1. The van der Waals surface area contributed by atoms with E-state index in [1.54, 1.807) is 6.07 Å². The molecule has 1 fully saturated rings. The van der Waals surface area contributed by atoms with Crippen LogP contribution in [0.25, 0.3) is 0 Å². The van der Waals surface area contributed by atoms with Gasteiger partial charge in [0.2, 0.25) is 10.0 Å². The molecule has 2 aromatic rings. The summed E-state index contributed by atoms with van der Waals surface area (Å²) in [5.41, 5.74) is 4.49. The number of fused-ring (bicyclic) bond motifs is 1. The fourth-order valence-electron chi connectivity index (χ4n) is 3.88. The minimum atomic E-state index is -3.72. The number of rotatable bonds is 4. The average molecular weight is 464 g/mol. The lowest BCUT2D eigenvalue weighted by Crippen LogP contribution is -2.40. The molecular formula is C21H22ClN3O5S. The van der Waals surface area contributed by atoms with E-state index in [2.05, 4.69) is 10.5 Å². The highest BCUT2D eigenvalue weighted by Gasteiger charge is 2.30. The molecule has 0 aromatic heterocycles. The summed E-state index contributed by atoms with van der Waals surface area (Å²) >= 11 is 6.26. The highest BCUT2D eigenvalue weighted by Crippen LogP contribution is 2.42. The lowest BCUT2D eigenvalue weighted by molar-refractivity contribution is 0.0730. The zero-order valence-corrected chi connectivity index (χ0v) is 18.4. The highest BCUT2D eigenvalue weighted by atomic mass is 35.5. The van der Waals surface area contributed by atoms with Crippen LogP contribution in [-0.2, 0) is 14.8 Å². The molecule has 1 aliphatic heterocycles. The molecular weight excluding hydrogens is 442 g/mol. The van der Waals surface area contributed by atoms with Gasteiger partial charge in [-0.1, -0.05) is 24.6 Å². The molecule has 164 valence electrons. The third-order valence-corrected chi connectivity index (χ3v) is 7.67. The molecule has 31 heavy (non-hydrogen) atoms. The van der Waals surface area contributed by atoms with Crippen LogP contribution in [0.4, 0.5) is 0 Å². The molecule has 2 N–H and O–H groups in total. The molecule has 8 nitrogen and oxygen atoms in total. The van der Waals surface area contributed by atoms with E-state index in [1.807, 2.05) is 6.92 Å². The monoisotopic (exact) mass is 463 g/mol. The van der Waals surface area contributed by atoms with Crippen molar-refractivity contribution < 1.29 is 23.1 Å². The second-order valence-electron chi connectivity index (χ2n) is 7.50. The Morgan fingerprint density at radius 1 is 1.26 bits per heavy atom. The van der Waals surface area contributed by atoms with Crippen LogP contribution in [0.1, 0.15) is 40.7 Å². The van der Waals surface area contributed by atoms with Crippen molar-refractivity contribution in [3.63, 3.8) is 0 Å². The van der Waals surface area contributed by atoms with Gasteiger partial charge in [-0.3, -0.25) is 4.79 Å². The van der Waals surface area contributed by atoms with Crippen LogP contribution < -0.4 is 5.43 Å². The maximum Gasteiger partial charge on any atom is 0.271 e. The number of phenolic OH excluding ortho intramolecular Hbond substituents is 1. The zero-order chi connectivity index (χ0) is 22.2. The third kappa shape index (κ3) is 4.18. The SMILES string of the molecule is CC1C/C(=N/NC(=O)c2cccc(S(=O)(=O)N3CCOCC3)c2)c2c(O)ccc(Cl)c21. The molecule has 1 saturated heterocycles. The van der Waals surface area contributed by atoms with Gasteiger partial charge in [-0.25, -0.2) is 13.8 Å². The molecule has 1 heterocycles. The van der Waals surface area contributed by atoms with E-state index in [-0.39, 0.29) is 35.2 Å². The summed E-state index contributed by atoms with van der Waals surface area (Å²) in [6.45, 7) is 3.20. The van der Waals surface area contributed by atoms with Gasteiger partial charge in [-0.05, 0) is 48.2 Å². The Morgan fingerprint density at radius 3 is 2.74 bits per heavy atom. The molecule has 2 aromatic carbocycles. The molecule has 4 rings (SSSR count). The quantitative estimate of drug-likeness (QED) is 0.678. The number of morpholine rings is 1. The van der Waals surface area contributed by atoms with Crippen molar-refractivity contribution in [2.45, 2.75) is 24.2 Å². The van der Waals surface area contributed by atoms with Crippen LogP contribution in [0.5, 0.6) is 5.75 Å². The van der Waals surface area contributed by atoms with E-state index in [1.165, 1.54) is 34.6 Å². The van der Waals surface area contributed by atoms with Gasteiger partial charge < -0.3 is 9.84 Å². The minimum Gasteiger partial charge on any atom is -0.507 e. The second-order valence-corrected chi connectivity index (χ2v) is 9.85. The van der Waals surface area contributed by atoms with Crippen molar-refractivity contribution in [3.05, 3.63) is 58.1 Å². The fourth-order valence-corrected chi connectivity index (χ4v) is 5.68. The van der Waals surface area contributed by atoms with Gasteiger partial charge in [0.15, 0.2) is 0 Å². The van der Waals surface area contributed by atoms with Gasteiger partial charge in [0.05, 0.1) is 23.8 Å². The lowest BCUT2D eigenvalue weighted by Gasteiger charge is -2.26. The Labute approximate surface area is 185 Å². The number of nitrogens with one attached hydrogen (secondary N) is 1. The Bertz CT molecular complexity index is 1160. The smallest absolute Gasteiger partial charge is 0.271 e. The number of ether oxygens (including phenoxy) is 1. The number of benzene rings is 2. The fraction of sp³-hybridized carbons (Fsp3) is 0.333. The Morgan fingerprint density at radius 2 is 2.00 bits per heavy atom. The van der Waals surface area contributed by atoms with Crippen LogP contribution in [0.15, 0.2) is 46.4 Å². The first kappa shape index (κ1) is 21.8. The highest BCUT2D eigenvalue weighted by molar-refractivity contribution is 7.89. The van der Waals surface area contributed by atoms with E-state index in [0.717, 1.165) is 5.56 Å². The summed E-state index contributed by atoms with van der Waals surface area (Å²) in [5.74, 6) is -0.447. The number of amides is 1. The van der Waals surface area contributed by atoms with Crippen molar-refractivity contribution in [2.24, 2.45) is 5.10 Å². The average Bonchev–Trinajstić information content (AvgIpc) is 3.12. The first-order valence-electron chi connectivity index (χ1n) is 9.85. The molecule has 0 spiro atoms. The Balaban J connectivity index is 1.56. The number of carbonyl (C=O) groups is 1. The number of hydrogen-bond acceptors (Lipinski definition) is 6. The van der Waals surface area contributed by atoms with Gasteiger partial charge in [0, 0.05) is 29.2 Å². The number of halogens is 1. The number of hydrogen-bond donors (Lipinski definition) is 2. The summed E-state index contributed by atoms with van der Waals surface area (Å²) < 4.78 is 32.2. The van der Waals surface area contributed by atoms with Crippen molar-refractivity contribution in [1.29, 1.82) is 0 Å². The van der Waals surface area contributed by atoms with Crippen LogP contribution in [0.3, 0.4) is 0 Å². The maximum absolute atomic E-state index is 12.8. The van der Waals surface area contributed by atoms with Gasteiger partial charge in [-0.15, -0.1) is 0 Å². The summed E-state index contributed by atoms with van der Waals surface area (Å²) in [5, 5.41) is 15.0. The number of nitrogens with zero attached hydrogens (tertiary/aromatic N) is 2. The van der Waals surface area contributed by atoms with Crippen LogP contribution in [-0.4, -0.2) is 55.8 Å². The zero-order valence-electron chi connectivity index (χ0n) is 16.8. The molecule has 0 bridgehead atoms. The first-order chi connectivity index (χ1) is 14.8. The molecule has 10 heteroatoms. The van der Waals surface area contributed by atoms with Gasteiger partial charge in [0.25, 0.3) is 5.91 Å². The summed E-state index contributed by atoms with van der Waals surface area (Å²) in [4.78, 5) is 12.7. The van der Waals surface area contributed by atoms with Crippen molar-refractivity contribution in [1.82, 2.24) is 9.73 Å². The molecule has 0 radical (unpaired) electrons. The molecule has 1 atom stereocenters. The van der Waals surface area contributed by atoms with Crippen molar-refractivity contribution in [3.8, 4) is 5.75 Å². The third-order valence-electron chi connectivity index (χ3n) is 5.45. The van der Waals surface area contributed by atoms with E-state index < -0.39 is 15.9 Å². The van der Waals surface area contributed by atoms with E-state index >= 15 is 0 Å². The second kappa shape index (κ2) is 8.58. The maximum atomic E-state index is 12.8. The molecule has 0 saturated carbocycles. The predicted octanol–water partition coefficient (Wildman–Crippen LogP) is 2.71. The summed E-state index contributed by atoms with van der Waals surface area (Å²) in [7, 11) is -3.72. The minimum absolute atomic E-state index is 0.0407. The molecule has 1 unspecified atom stereocenters. The number of aromatic hydroxyl groups is 1. The summed E-state index contributed by atoms with van der Waals surface area (Å²) in [6, 6.07) is 8.97. The van der Waals surface area contributed by atoms with Gasteiger partial charge in [0.1, 0.15) is 5.75 Å². The lowest BCUT2D eigenvalue weighted by atomic mass is 10.0. The van der Waals surface area contributed by atoms with Gasteiger partial charge >= 0.3 is 0 Å².